The highest BCUT2D eigenvalue weighted by atomic mass is 31.2. The van der Waals surface area contributed by atoms with Gasteiger partial charge in [0.25, 0.3) is 0 Å². The molecule has 3 N–H and O–H groups in total. The number of ether oxygens (including phenoxy) is 4. The predicted octanol–water partition coefficient (Wildman–Crippen LogP) is 19.0. The third-order valence-corrected chi connectivity index (χ3v) is 17.4. The largest absolute Gasteiger partial charge is 0.472 e. The monoisotopic (exact) mass is 1270 g/mol. The summed E-state index contributed by atoms with van der Waals surface area (Å²) in [4.78, 5) is 72.1. The van der Waals surface area contributed by atoms with Gasteiger partial charge in [-0.1, -0.05) is 291 Å². The van der Waals surface area contributed by atoms with E-state index in [9.17, 15) is 43.2 Å². The molecule has 0 aromatic heterocycles. The molecular formula is C67H130O17P2. The van der Waals surface area contributed by atoms with E-state index in [0.717, 1.165) is 96.3 Å². The molecule has 86 heavy (non-hydrogen) atoms. The number of aliphatic hydroxyl groups excluding tert-OH is 1. The van der Waals surface area contributed by atoms with E-state index in [-0.39, 0.29) is 25.7 Å². The van der Waals surface area contributed by atoms with Gasteiger partial charge in [0.15, 0.2) is 12.2 Å². The molecule has 0 saturated heterocycles. The Balaban J connectivity index is 5.15. The summed E-state index contributed by atoms with van der Waals surface area (Å²) in [5.74, 6) is -1.47. The van der Waals surface area contributed by atoms with E-state index >= 15 is 0 Å². The molecule has 2 unspecified atom stereocenters. The molecule has 0 heterocycles. The first kappa shape index (κ1) is 84.1. The van der Waals surface area contributed by atoms with Crippen molar-refractivity contribution < 1.29 is 80.2 Å². The number of carbonyl (C=O) groups is 4. The number of rotatable bonds is 67. The molecule has 0 aliphatic rings. The lowest BCUT2D eigenvalue weighted by molar-refractivity contribution is -0.161. The van der Waals surface area contributed by atoms with E-state index in [1.807, 2.05) is 0 Å². The van der Waals surface area contributed by atoms with Crippen molar-refractivity contribution in [1.29, 1.82) is 0 Å². The Kier molecular flexibility index (Phi) is 59.2. The van der Waals surface area contributed by atoms with Crippen molar-refractivity contribution in [3.05, 3.63) is 0 Å². The third kappa shape index (κ3) is 60.9. The van der Waals surface area contributed by atoms with Gasteiger partial charge in [0.1, 0.15) is 19.3 Å². The number of unbranched alkanes of at least 4 members (excludes halogenated alkanes) is 39. The van der Waals surface area contributed by atoms with Crippen LogP contribution in [-0.4, -0.2) is 96.7 Å². The number of carbonyl (C=O) groups excluding carboxylic acids is 4. The highest BCUT2D eigenvalue weighted by Gasteiger charge is 2.30. The number of esters is 4. The second-order valence-corrected chi connectivity index (χ2v) is 27.6. The summed E-state index contributed by atoms with van der Waals surface area (Å²) < 4.78 is 67.9. The van der Waals surface area contributed by atoms with E-state index < -0.39 is 97.5 Å². The van der Waals surface area contributed by atoms with Crippen LogP contribution in [0.25, 0.3) is 0 Å². The van der Waals surface area contributed by atoms with Crippen molar-refractivity contribution in [3.8, 4) is 0 Å². The average Bonchev–Trinajstić information content (AvgIpc) is 3.64. The quantitative estimate of drug-likeness (QED) is 0.0222. The topological polar surface area (TPSA) is 237 Å². The van der Waals surface area contributed by atoms with E-state index in [1.165, 1.54) is 161 Å². The van der Waals surface area contributed by atoms with Crippen LogP contribution in [0, 0.1) is 5.92 Å². The average molecular weight is 1270 g/mol. The number of hydrogen-bond acceptors (Lipinski definition) is 15. The first-order valence-corrected chi connectivity index (χ1v) is 38.1. The molecule has 0 bridgehead atoms. The first-order chi connectivity index (χ1) is 41.5. The van der Waals surface area contributed by atoms with Gasteiger partial charge in [-0.25, -0.2) is 9.13 Å². The first-order valence-electron chi connectivity index (χ1n) is 35.1. The summed E-state index contributed by atoms with van der Waals surface area (Å²) in [6, 6.07) is 0. The number of phosphoric acid groups is 2. The lowest BCUT2D eigenvalue weighted by Gasteiger charge is -2.21. The van der Waals surface area contributed by atoms with Gasteiger partial charge in [0.2, 0.25) is 0 Å². The zero-order valence-corrected chi connectivity index (χ0v) is 57.2. The zero-order valence-electron chi connectivity index (χ0n) is 55.4. The van der Waals surface area contributed by atoms with E-state index in [1.54, 1.807) is 0 Å². The molecule has 0 spiro atoms. The Morgan fingerprint density at radius 1 is 0.314 bits per heavy atom. The molecule has 5 atom stereocenters. The molecule has 0 radical (unpaired) electrons. The summed E-state index contributed by atoms with van der Waals surface area (Å²) in [5.41, 5.74) is 0. The van der Waals surface area contributed by atoms with Crippen molar-refractivity contribution in [2.45, 2.75) is 361 Å². The maximum Gasteiger partial charge on any atom is 0.472 e. The maximum absolute atomic E-state index is 13.0. The summed E-state index contributed by atoms with van der Waals surface area (Å²) >= 11 is 0. The third-order valence-electron chi connectivity index (χ3n) is 15.5. The molecule has 510 valence electrons. The van der Waals surface area contributed by atoms with Crippen LogP contribution in [0.5, 0.6) is 0 Å². The van der Waals surface area contributed by atoms with Gasteiger partial charge in [0, 0.05) is 25.7 Å². The second kappa shape index (κ2) is 60.6. The Bertz CT molecular complexity index is 1670. The number of aliphatic hydroxyl groups is 1. The van der Waals surface area contributed by atoms with Crippen LogP contribution in [0.2, 0.25) is 0 Å². The van der Waals surface area contributed by atoms with Gasteiger partial charge in [-0.05, 0) is 31.6 Å². The van der Waals surface area contributed by atoms with Gasteiger partial charge < -0.3 is 33.8 Å². The number of phosphoric ester groups is 2. The van der Waals surface area contributed by atoms with Crippen molar-refractivity contribution in [1.82, 2.24) is 0 Å². The highest BCUT2D eigenvalue weighted by Crippen LogP contribution is 2.45. The molecule has 0 aliphatic heterocycles. The van der Waals surface area contributed by atoms with Crippen LogP contribution in [0.3, 0.4) is 0 Å². The van der Waals surface area contributed by atoms with Gasteiger partial charge >= 0.3 is 39.5 Å². The van der Waals surface area contributed by atoms with Crippen molar-refractivity contribution >= 4 is 39.5 Å². The van der Waals surface area contributed by atoms with Crippen LogP contribution in [0.4, 0.5) is 0 Å². The SMILES string of the molecule is CCCCCCCCCCCCCCCCCCC(=O)OC[C@H](COP(=O)(O)OC[C@@H](O)COP(=O)(O)OC[C@@H](COC(=O)CCCCCCC)OC(=O)CCCCCCCCC(C)C)OC(=O)CCCCCCCCCCCCCCCCCC. The Hall–Kier alpha value is -1.94. The molecule has 0 aromatic carbocycles. The molecule has 19 heteroatoms. The smallest absolute Gasteiger partial charge is 0.462 e. The van der Waals surface area contributed by atoms with Gasteiger partial charge in [-0.15, -0.1) is 0 Å². The van der Waals surface area contributed by atoms with Crippen molar-refractivity contribution in [2.75, 3.05) is 39.6 Å². The minimum Gasteiger partial charge on any atom is -0.462 e. The van der Waals surface area contributed by atoms with Crippen LogP contribution < -0.4 is 0 Å². The Labute approximate surface area is 524 Å². The Morgan fingerprint density at radius 3 is 0.791 bits per heavy atom. The Morgan fingerprint density at radius 2 is 0.535 bits per heavy atom. The zero-order chi connectivity index (χ0) is 63.5. The standard InChI is InChI=1S/C67H130O17P2/c1-6-9-12-15-17-19-21-23-25-27-29-31-33-35-41-46-51-65(70)78-57-63(83-66(71)52-47-42-36-34-32-30-28-26-24-22-20-18-16-13-10-7-2)59-82-86(75,76)80-55-61(68)54-79-85(73,74)81-58-62(56-77-64(69)50-45-39-14-11-8-3)84-67(72)53-48-43-38-37-40-44-49-60(4)5/h60-63,68H,6-59H2,1-5H3,(H,73,74)(H,75,76)/t61-,62+,63+/m0/s1. The van der Waals surface area contributed by atoms with Gasteiger partial charge in [-0.3, -0.25) is 37.3 Å². The van der Waals surface area contributed by atoms with Crippen LogP contribution >= 0.6 is 15.6 Å². The fourth-order valence-corrected chi connectivity index (χ4v) is 11.7. The summed E-state index contributed by atoms with van der Waals surface area (Å²) in [6.07, 6.45) is 46.4. The summed E-state index contributed by atoms with van der Waals surface area (Å²) in [6.45, 7) is 7.04. The van der Waals surface area contributed by atoms with Gasteiger partial charge in [0.05, 0.1) is 26.4 Å². The summed E-state index contributed by atoms with van der Waals surface area (Å²) in [7, 11) is -9.88. The molecule has 0 rings (SSSR count). The van der Waals surface area contributed by atoms with Crippen LogP contribution in [0.15, 0.2) is 0 Å². The lowest BCUT2D eigenvalue weighted by atomic mass is 10.0. The molecule has 0 amide bonds. The molecule has 0 saturated carbocycles. The lowest BCUT2D eigenvalue weighted by Crippen LogP contribution is -2.30. The van der Waals surface area contributed by atoms with Crippen LogP contribution in [-0.2, 0) is 65.4 Å². The minimum atomic E-state index is -4.95. The molecule has 17 nitrogen and oxygen atoms in total. The number of hydrogen-bond donors (Lipinski definition) is 3. The molecule has 0 aromatic rings. The second-order valence-electron chi connectivity index (χ2n) is 24.7. The van der Waals surface area contributed by atoms with Crippen LogP contribution in [0.1, 0.15) is 343 Å². The molecule has 0 aliphatic carbocycles. The van der Waals surface area contributed by atoms with Crippen molar-refractivity contribution in [2.24, 2.45) is 5.92 Å². The molecular weight excluding hydrogens is 1140 g/mol. The summed E-state index contributed by atoms with van der Waals surface area (Å²) in [5, 5.41) is 10.5. The highest BCUT2D eigenvalue weighted by molar-refractivity contribution is 7.47. The predicted molar refractivity (Wildman–Crippen MR) is 345 cm³/mol. The fraction of sp³-hybridized carbons (Fsp3) is 0.940. The van der Waals surface area contributed by atoms with Crippen molar-refractivity contribution in [3.63, 3.8) is 0 Å². The van der Waals surface area contributed by atoms with E-state index in [4.69, 9.17) is 37.0 Å². The van der Waals surface area contributed by atoms with E-state index in [0.29, 0.717) is 31.6 Å². The fourth-order valence-electron chi connectivity index (χ4n) is 10.1. The van der Waals surface area contributed by atoms with Gasteiger partial charge in [-0.2, -0.15) is 0 Å². The molecule has 0 fully saturated rings. The maximum atomic E-state index is 13.0. The van der Waals surface area contributed by atoms with E-state index in [2.05, 4.69) is 34.6 Å². The normalized spacial score (nSPS) is 14.2. The minimum absolute atomic E-state index is 0.101.